The lowest BCUT2D eigenvalue weighted by Gasteiger charge is -2.26. The number of ether oxygens (including phenoxy) is 3. The maximum Gasteiger partial charge on any atom is 0.221 e. The van der Waals surface area contributed by atoms with Crippen LogP contribution in [0.15, 0.2) is 60.7 Å². The van der Waals surface area contributed by atoms with E-state index in [0.717, 1.165) is 84.2 Å². The average Bonchev–Trinajstić information content (AvgIpc) is 3.65. The highest BCUT2D eigenvalue weighted by Crippen LogP contribution is 2.57. The van der Waals surface area contributed by atoms with Crippen LogP contribution < -0.4 is 14.8 Å². The Kier molecular flexibility index (Phi) is 7.22. The fourth-order valence-electron chi connectivity index (χ4n) is 5.50. The van der Waals surface area contributed by atoms with E-state index < -0.39 is 0 Å². The van der Waals surface area contributed by atoms with Crippen LogP contribution in [0.1, 0.15) is 36.3 Å². The summed E-state index contributed by atoms with van der Waals surface area (Å²) in [5.74, 6) is 2.31. The molecule has 2 aliphatic rings. The predicted octanol–water partition coefficient (Wildman–Crippen LogP) is 5.18. The number of morpholine rings is 1. The second-order valence-electron chi connectivity index (χ2n) is 10.3. The van der Waals surface area contributed by atoms with E-state index in [-0.39, 0.29) is 5.91 Å². The first kappa shape index (κ1) is 25.4. The molecular formula is C31H34N4O4. The minimum Gasteiger partial charge on any atom is -0.497 e. The minimum absolute atomic E-state index is 0.0717. The van der Waals surface area contributed by atoms with Crippen LogP contribution in [0.25, 0.3) is 22.2 Å². The monoisotopic (exact) mass is 526 g/mol. The number of nitrogens with one attached hydrogen (secondary N) is 2. The van der Waals surface area contributed by atoms with Crippen molar-refractivity contribution in [3.63, 3.8) is 0 Å². The number of benzene rings is 3. The molecule has 1 saturated carbocycles. The molecule has 3 aromatic carbocycles. The third-order valence-electron chi connectivity index (χ3n) is 7.68. The molecule has 1 aliphatic carbocycles. The third-order valence-corrected chi connectivity index (χ3v) is 7.68. The number of aromatic amines is 1. The van der Waals surface area contributed by atoms with Crippen LogP contribution in [0.2, 0.25) is 0 Å². The molecule has 8 nitrogen and oxygen atoms in total. The van der Waals surface area contributed by atoms with Gasteiger partial charge in [-0.25, -0.2) is 0 Å². The van der Waals surface area contributed by atoms with E-state index in [1.165, 1.54) is 12.5 Å². The van der Waals surface area contributed by atoms with Crippen molar-refractivity contribution >= 4 is 22.5 Å². The molecule has 8 heteroatoms. The van der Waals surface area contributed by atoms with E-state index in [1.807, 2.05) is 30.3 Å². The van der Waals surface area contributed by atoms with Crippen molar-refractivity contribution < 1.29 is 19.0 Å². The van der Waals surface area contributed by atoms with Crippen LogP contribution in [-0.4, -0.2) is 67.6 Å². The van der Waals surface area contributed by atoms with Gasteiger partial charge in [-0.2, -0.15) is 5.10 Å². The maximum atomic E-state index is 11.7. The number of methoxy groups -OCH3 is 1. The van der Waals surface area contributed by atoms with Crippen molar-refractivity contribution in [3.05, 3.63) is 71.8 Å². The van der Waals surface area contributed by atoms with Gasteiger partial charge in [-0.05, 0) is 77.9 Å². The van der Waals surface area contributed by atoms with Crippen LogP contribution in [0.5, 0.6) is 11.5 Å². The Morgan fingerprint density at radius 2 is 1.85 bits per heavy atom. The highest BCUT2D eigenvalue weighted by Gasteiger charge is 2.41. The quantitative estimate of drug-likeness (QED) is 0.313. The first-order valence-electron chi connectivity index (χ1n) is 13.6. The first-order valence-corrected chi connectivity index (χ1v) is 13.6. The zero-order chi connectivity index (χ0) is 26.8. The number of fused-ring (bicyclic) bond motifs is 1. The van der Waals surface area contributed by atoms with Gasteiger partial charge in [-0.3, -0.25) is 14.8 Å². The molecule has 2 unspecified atom stereocenters. The maximum absolute atomic E-state index is 11.7. The van der Waals surface area contributed by atoms with Crippen molar-refractivity contribution in [2.75, 3.05) is 51.9 Å². The molecule has 2 fully saturated rings. The summed E-state index contributed by atoms with van der Waals surface area (Å²) in [4.78, 5) is 14.1. The van der Waals surface area contributed by atoms with Crippen LogP contribution in [0.4, 0.5) is 5.69 Å². The Hall–Kier alpha value is -3.88. The SMILES string of the molecule is COc1ccc(NC(C)=O)c(C2CC2c2ccc3c(-c4ccc(OCCN5CCOCC5)cc4)n[nH]c3c2)c1. The summed E-state index contributed by atoms with van der Waals surface area (Å²) in [5.41, 5.74) is 6.25. The summed E-state index contributed by atoms with van der Waals surface area (Å²) in [6.45, 7) is 6.65. The molecular weight excluding hydrogens is 492 g/mol. The number of anilines is 1. The molecule has 0 spiro atoms. The minimum atomic E-state index is -0.0717. The third kappa shape index (κ3) is 5.62. The number of hydrogen-bond donors (Lipinski definition) is 2. The normalized spacial score (nSPS) is 19.1. The average molecular weight is 527 g/mol. The summed E-state index contributed by atoms with van der Waals surface area (Å²) in [6, 6.07) is 20.6. The van der Waals surface area contributed by atoms with E-state index in [0.29, 0.717) is 18.4 Å². The predicted molar refractivity (Wildman–Crippen MR) is 152 cm³/mol. The first-order chi connectivity index (χ1) is 19.1. The van der Waals surface area contributed by atoms with E-state index >= 15 is 0 Å². The Morgan fingerprint density at radius 1 is 1.05 bits per heavy atom. The number of carbonyl (C=O) groups is 1. The van der Waals surface area contributed by atoms with Crippen LogP contribution in [-0.2, 0) is 9.53 Å². The summed E-state index contributed by atoms with van der Waals surface area (Å²) in [5, 5.41) is 11.9. The topological polar surface area (TPSA) is 88.7 Å². The van der Waals surface area contributed by atoms with E-state index in [2.05, 4.69) is 50.7 Å². The molecule has 2 N–H and O–H groups in total. The van der Waals surface area contributed by atoms with Gasteiger partial charge in [0, 0.05) is 43.2 Å². The molecule has 1 amide bonds. The Morgan fingerprint density at radius 3 is 2.62 bits per heavy atom. The van der Waals surface area contributed by atoms with Crippen LogP contribution >= 0.6 is 0 Å². The zero-order valence-corrected chi connectivity index (χ0v) is 22.4. The molecule has 6 rings (SSSR count). The number of rotatable bonds is 9. The number of carbonyl (C=O) groups excluding carboxylic acids is 1. The van der Waals surface area contributed by atoms with Gasteiger partial charge in [0.15, 0.2) is 0 Å². The van der Waals surface area contributed by atoms with Crippen LogP contribution in [0, 0.1) is 0 Å². The smallest absolute Gasteiger partial charge is 0.221 e. The summed E-state index contributed by atoms with van der Waals surface area (Å²) in [7, 11) is 1.67. The summed E-state index contributed by atoms with van der Waals surface area (Å²) < 4.78 is 16.8. The van der Waals surface area contributed by atoms with Crippen LogP contribution in [0.3, 0.4) is 0 Å². The van der Waals surface area contributed by atoms with E-state index in [1.54, 1.807) is 7.11 Å². The van der Waals surface area contributed by atoms with Gasteiger partial charge in [0.05, 0.1) is 31.5 Å². The van der Waals surface area contributed by atoms with E-state index in [9.17, 15) is 4.79 Å². The number of amides is 1. The number of aromatic nitrogens is 2. The van der Waals surface area contributed by atoms with Gasteiger partial charge in [-0.1, -0.05) is 12.1 Å². The number of hydrogen-bond acceptors (Lipinski definition) is 6. The molecule has 202 valence electrons. The lowest BCUT2D eigenvalue weighted by Crippen LogP contribution is -2.38. The zero-order valence-electron chi connectivity index (χ0n) is 22.4. The van der Waals surface area contributed by atoms with Crippen molar-refractivity contribution in [1.29, 1.82) is 0 Å². The molecule has 2 heterocycles. The fourth-order valence-corrected chi connectivity index (χ4v) is 5.50. The Bertz CT molecular complexity index is 1460. The molecule has 1 saturated heterocycles. The molecule has 0 bridgehead atoms. The van der Waals surface area contributed by atoms with Crippen molar-refractivity contribution in [2.45, 2.75) is 25.2 Å². The van der Waals surface area contributed by atoms with Gasteiger partial charge < -0.3 is 19.5 Å². The number of H-pyrrole nitrogens is 1. The highest BCUT2D eigenvalue weighted by molar-refractivity contribution is 5.93. The number of nitrogens with zero attached hydrogens (tertiary/aromatic N) is 2. The lowest BCUT2D eigenvalue weighted by molar-refractivity contribution is -0.114. The summed E-state index contributed by atoms with van der Waals surface area (Å²) >= 11 is 0. The molecule has 2 atom stereocenters. The standard InChI is InChI=1S/C31H34N4O4/c1-20(36)32-29-10-8-24(37-2)18-28(29)27-19-26(27)22-5-9-25-30(17-22)33-34-31(25)21-3-6-23(7-4-21)39-16-13-35-11-14-38-15-12-35/h3-10,17-18,26-27H,11-16,19H2,1-2H3,(H,32,36)(H,33,34). The van der Waals surface area contributed by atoms with Gasteiger partial charge >= 0.3 is 0 Å². The largest absolute Gasteiger partial charge is 0.497 e. The highest BCUT2D eigenvalue weighted by atomic mass is 16.5. The Balaban J connectivity index is 1.14. The molecule has 0 radical (unpaired) electrons. The van der Waals surface area contributed by atoms with Gasteiger partial charge in [0.1, 0.15) is 18.1 Å². The van der Waals surface area contributed by atoms with Gasteiger partial charge in [-0.15, -0.1) is 0 Å². The fraction of sp³-hybridized carbons (Fsp3) is 0.355. The molecule has 1 aliphatic heterocycles. The van der Waals surface area contributed by atoms with Crippen molar-refractivity contribution in [2.24, 2.45) is 0 Å². The second kappa shape index (κ2) is 11.1. The lowest BCUT2D eigenvalue weighted by atomic mass is 10.0. The van der Waals surface area contributed by atoms with Crippen molar-refractivity contribution in [1.82, 2.24) is 15.1 Å². The molecule has 39 heavy (non-hydrogen) atoms. The Labute approximate surface area is 228 Å². The summed E-state index contributed by atoms with van der Waals surface area (Å²) in [6.07, 6.45) is 1.03. The van der Waals surface area contributed by atoms with Crippen molar-refractivity contribution in [3.8, 4) is 22.8 Å². The molecule has 1 aromatic heterocycles. The second-order valence-corrected chi connectivity index (χ2v) is 10.3. The van der Waals surface area contributed by atoms with E-state index in [4.69, 9.17) is 14.2 Å². The molecule has 4 aromatic rings. The van der Waals surface area contributed by atoms with Gasteiger partial charge in [0.25, 0.3) is 0 Å². The van der Waals surface area contributed by atoms with Gasteiger partial charge in [0.2, 0.25) is 5.91 Å².